The molecule has 2 aromatic carbocycles. The molecule has 0 atom stereocenters. The molecule has 0 unspecified atom stereocenters. The van der Waals surface area contributed by atoms with Crippen molar-refractivity contribution in [3.05, 3.63) is 57.6 Å². The van der Waals surface area contributed by atoms with Crippen LogP contribution < -0.4 is 4.72 Å². The van der Waals surface area contributed by atoms with Crippen LogP contribution in [0.1, 0.15) is 11.1 Å². The third-order valence-electron chi connectivity index (χ3n) is 3.58. The van der Waals surface area contributed by atoms with Crippen molar-refractivity contribution in [3.63, 3.8) is 0 Å². The molecule has 10 heteroatoms. The van der Waals surface area contributed by atoms with Crippen LogP contribution in [-0.2, 0) is 19.9 Å². The van der Waals surface area contributed by atoms with Crippen molar-refractivity contribution in [1.29, 1.82) is 0 Å². The molecule has 0 saturated carbocycles. The summed E-state index contributed by atoms with van der Waals surface area (Å²) in [4.78, 5) is 9.68. The van der Waals surface area contributed by atoms with Crippen LogP contribution in [0.4, 0.5) is 5.69 Å². The minimum atomic E-state index is -4.07. The number of nitro groups is 1. The number of para-hydroxylation sites is 1. The fourth-order valence-electron chi connectivity index (χ4n) is 2.82. The van der Waals surface area contributed by atoms with E-state index in [0.717, 1.165) is 6.26 Å². The fraction of sp³-hybridized carbons (Fsp3) is 0.250. The Labute approximate surface area is 152 Å². The Morgan fingerprint density at radius 1 is 1.04 bits per heavy atom. The first-order chi connectivity index (χ1) is 11.9. The zero-order valence-electron chi connectivity index (χ0n) is 14.4. The standard InChI is InChI=1S/C16H18N2O6S2/c1-11-8-13(9-12(2)16(11)26(23,24)10-18(19)20)14-6-4-5-7-15(14)17-25(3,21)22/h4-9,17H,10H2,1-3H3. The van der Waals surface area contributed by atoms with Crippen LogP contribution >= 0.6 is 0 Å². The molecule has 0 heterocycles. The quantitative estimate of drug-likeness (QED) is 0.588. The van der Waals surface area contributed by atoms with Crippen LogP contribution in [0.15, 0.2) is 41.3 Å². The summed E-state index contributed by atoms with van der Waals surface area (Å²) >= 11 is 0. The molecule has 26 heavy (non-hydrogen) atoms. The Hall–Kier alpha value is -2.46. The highest BCUT2D eigenvalue weighted by Gasteiger charge is 2.26. The van der Waals surface area contributed by atoms with Crippen molar-refractivity contribution in [3.8, 4) is 11.1 Å². The fourth-order valence-corrected chi connectivity index (χ4v) is 4.91. The van der Waals surface area contributed by atoms with Crippen molar-refractivity contribution < 1.29 is 21.8 Å². The van der Waals surface area contributed by atoms with Gasteiger partial charge in [-0.3, -0.25) is 14.8 Å². The predicted molar refractivity (Wildman–Crippen MR) is 98.9 cm³/mol. The van der Waals surface area contributed by atoms with Gasteiger partial charge < -0.3 is 0 Å². The minimum Gasteiger partial charge on any atom is -0.283 e. The van der Waals surface area contributed by atoms with Crippen molar-refractivity contribution in [2.45, 2.75) is 18.7 Å². The van der Waals surface area contributed by atoms with Gasteiger partial charge in [0.1, 0.15) is 0 Å². The monoisotopic (exact) mass is 398 g/mol. The predicted octanol–water partition coefficient (Wildman–Crippen LogP) is 2.35. The van der Waals surface area contributed by atoms with Gasteiger partial charge in [-0.1, -0.05) is 30.3 Å². The third-order valence-corrected chi connectivity index (χ3v) is 5.99. The Kier molecular flexibility index (Phi) is 5.38. The highest BCUT2D eigenvalue weighted by molar-refractivity contribution is 7.92. The van der Waals surface area contributed by atoms with Crippen LogP contribution in [0.3, 0.4) is 0 Å². The van der Waals surface area contributed by atoms with E-state index in [4.69, 9.17) is 0 Å². The summed E-state index contributed by atoms with van der Waals surface area (Å²) in [5.74, 6) is -1.18. The number of nitrogens with one attached hydrogen (secondary N) is 1. The number of benzene rings is 2. The van der Waals surface area contributed by atoms with Gasteiger partial charge in [0.25, 0.3) is 0 Å². The summed E-state index contributed by atoms with van der Waals surface area (Å²) in [7, 11) is -7.56. The molecule has 0 aromatic heterocycles. The zero-order valence-corrected chi connectivity index (χ0v) is 16.0. The molecule has 0 aliphatic carbocycles. The van der Waals surface area contributed by atoms with Crippen molar-refractivity contribution in [1.82, 2.24) is 0 Å². The Morgan fingerprint density at radius 3 is 2.08 bits per heavy atom. The Balaban J connectivity index is 2.61. The summed E-state index contributed by atoms with van der Waals surface area (Å²) in [6.07, 6.45) is 1.04. The van der Waals surface area contributed by atoms with Crippen LogP contribution in [0.2, 0.25) is 0 Å². The summed E-state index contributed by atoms with van der Waals surface area (Å²) in [6, 6.07) is 9.84. The van der Waals surface area contributed by atoms with Gasteiger partial charge in [-0.25, -0.2) is 16.8 Å². The number of anilines is 1. The molecule has 0 amide bonds. The second-order valence-electron chi connectivity index (χ2n) is 5.94. The van der Waals surface area contributed by atoms with Gasteiger partial charge in [-0.15, -0.1) is 0 Å². The van der Waals surface area contributed by atoms with E-state index >= 15 is 0 Å². The molecule has 0 aliphatic heterocycles. The van der Waals surface area contributed by atoms with Crippen LogP contribution in [-0.4, -0.2) is 33.9 Å². The average molecular weight is 398 g/mol. The van der Waals surface area contributed by atoms with E-state index in [0.29, 0.717) is 27.9 Å². The van der Waals surface area contributed by atoms with Gasteiger partial charge in [-0.05, 0) is 36.6 Å². The number of nitrogens with zero attached hydrogens (tertiary/aromatic N) is 1. The molecule has 0 fully saturated rings. The molecule has 1 N–H and O–H groups in total. The number of rotatable bonds is 6. The largest absolute Gasteiger partial charge is 0.305 e. The SMILES string of the molecule is Cc1cc(-c2ccccc2NS(C)(=O)=O)cc(C)c1S(=O)(=O)C[N+](=O)[O-]. The lowest BCUT2D eigenvalue weighted by atomic mass is 9.99. The maximum absolute atomic E-state index is 12.3. The van der Waals surface area contributed by atoms with E-state index in [2.05, 4.69) is 4.72 Å². The molecule has 2 aromatic rings. The van der Waals surface area contributed by atoms with E-state index in [-0.39, 0.29) is 4.90 Å². The number of hydrogen-bond acceptors (Lipinski definition) is 6. The lowest BCUT2D eigenvalue weighted by Crippen LogP contribution is -2.17. The molecule has 2 rings (SSSR count). The molecular formula is C16H18N2O6S2. The molecule has 8 nitrogen and oxygen atoms in total. The molecule has 0 radical (unpaired) electrons. The van der Waals surface area contributed by atoms with Gasteiger partial charge in [0.2, 0.25) is 19.9 Å². The van der Waals surface area contributed by atoms with E-state index in [1.165, 1.54) is 0 Å². The smallest absolute Gasteiger partial charge is 0.283 e. The number of sulfonamides is 1. The molecule has 0 spiro atoms. The summed E-state index contributed by atoms with van der Waals surface area (Å²) in [6.45, 7) is 3.10. The number of hydrogen-bond donors (Lipinski definition) is 1. The Bertz CT molecular complexity index is 1050. The summed E-state index contributed by atoms with van der Waals surface area (Å²) in [5, 5.41) is 10.6. The second-order valence-corrected chi connectivity index (χ2v) is 9.58. The average Bonchev–Trinajstić information content (AvgIpc) is 2.43. The van der Waals surface area contributed by atoms with Crippen molar-refractivity contribution >= 4 is 25.5 Å². The van der Waals surface area contributed by atoms with Crippen LogP contribution in [0.5, 0.6) is 0 Å². The number of aryl methyl sites for hydroxylation is 2. The summed E-state index contributed by atoms with van der Waals surface area (Å²) < 4.78 is 50.0. The van der Waals surface area contributed by atoms with Gasteiger partial charge in [0, 0.05) is 10.5 Å². The molecule has 0 saturated heterocycles. The first-order valence-corrected chi connectivity index (χ1v) is 11.0. The van der Waals surface area contributed by atoms with E-state index < -0.39 is 30.7 Å². The zero-order chi connectivity index (χ0) is 19.7. The molecule has 0 bridgehead atoms. The maximum Gasteiger partial charge on any atom is 0.305 e. The Morgan fingerprint density at radius 2 is 1.58 bits per heavy atom. The van der Waals surface area contributed by atoms with Gasteiger partial charge in [-0.2, -0.15) is 0 Å². The lowest BCUT2D eigenvalue weighted by Gasteiger charge is -2.15. The van der Waals surface area contributed by atoms with E-state index in [1.54, 1.807) is 50.2 Å². The minimum absolute atomic E-state index is 0.0773. The van der Waals surface area contributed by atoms with Gasteiger partial charge in [0.15, 0.2) is 0 Å². The normalized spacial score (nSPS) is 12.0. The van der Waals surface area contributed by atoms with Gasteiger partial charge >= 0.3 is 5.88 Å². The number of sulfone groups is 1. The van der Waals surface area contributed by atoms with Gasteiger partial charge in [0.05, 0.1) is 16.8 Å². The summed E-state index contributed by atoms with van der Waals surface area (Å²) in [5.41, 5.74) is 2.25. The van der Waals surface area contributed by atoms with E-state index in [1.807, 2.05) is 0 Å². The first-order valence-electron chi connectivity index (χ1n) is 7.44. The van der Waals surface area contributed by atoms with Crippen molar-refractivity contribution in [2.75, 3.05) is 16.9 Å². The highest BCUT2D eigenvalue weighted by Crippen LogP contribution is 2.33. The lowest BCUT2D eigenvalue weighted by molar-refractivity contribution is -0.458. The second kappa shape index (κ2) is 7.04. The van der Waals surface area contributed by atoms with Crippen LogP contribution in [0.25, 0.3) is 11.1 Å². The highest BCUT2D eigenvalue weighted by atomic mass is 32.2. The third kappa shape index (κ3) is 4.58. The molecular weight excluding hydrogens is 380 g/mol. The molecule has 0 aliphatic rings. The molecule has 140 valence electrons. The van der Waals surface area contributed by atoms with E-state index in [9.17, 15) is 26.9 Å². The van der Waals surface area contributed by atoms with Crippen LogP contribution in [0, 0.1) is 24.0 Å². The van der Waals surface area contributed by atoms with Crippen molar-refractivity contribution in [2.24, 2.45) is 0 Å². The first kappa shape index (κ1) is 19.9. The maximum atomic E-state index is 12.3. The topological polar surface area (TPSA) is 123 Å².